The molecule has 3 N–H and O–H groups in total. The number of rotatable bonds is 0. The fraction of sp³-hybridized carbons (Fsp3) is 0. The van der Waals surface area contributed by atoms with E-state index in [1.54, 1.807) is 0 Å². The van der Waals surface area contributed by atoms with Crippen LogP contribution in [0.2, 0.25) is 0 Å². The maximum Gasteiger partial charge on any atom is 0.215 e. The van der Waals surface area contributed by atoms with Crippen molar-refractivity contribution in [2.24, 2.45) is 5.73 Å². The van der Waals surface area contributed by atoms with Gasteiger partial charge in [0.25, 0.3) is 0 Å². The average molecular weight is 111 g/mol. The van der Waals surface area contributed by atoms with E-state index in [1.165, 1.54) is 17.3 Å². The van der Waals surface area contributed by atoms with Gasteiger partial charge in [-0.15, -0.1) is 0 Å². The molecule has 0 aliphatic rings. The Labute approximate surface area is 45.6 Å². The lowest BCUT2D eigenvalue weighted by Gasteiger charge is -1.89. The van der Waals surface area contributed by atoms with Gasteiger partial charge in [0.1, 0.15) is 12.7 Å². The Bertz CT molecular complexity index is 176. The zero-order chi connectivity index (χ0) is 5.98. The van der Waals surface area contributed by atoms with Crippen LogP contribution >= 0.6 is 0 Å². The number of nitrogen functional groups attached to an aromatic ring is 1. The van der Waals surface area contributed by atoms with Crippen molar-refractivity contribution in [1.82, 2.24) is 14.8 Å². The molecule has 5 heteroatoms. The van der Waals surface area contributed by atoms with Crippen LogP contribution in [0.3, 0.4) is 0 Å². The molecule has 1 aromatic heterocycles. The molecule has 1 rings (SSSR count). The van der Waals surface area contributed by atoms with Gasteiger partial charge in [-0.05, 0) is 0 Å². The monoisotopic (exact) mass is 111 g/mol. The molecule has 0 unspecified atom stereocenters. The van der Waals surface area contributed by atoms with Crippen molar-refractivity contribution in [1.29, 1.82) is 5.41 Å². The van der Waals surface area contributed by atoms with Crippen molar-refractivity contribution < 1.29 is 0 Å². The molecule has 0 radical (unpaired) electrons. The second-order valence-electron chi connectivity index (χ2n) is 1.23. The number of nitrogens with two attached hydrogens (primary N) is 1. The molecule has 0 amide bonds. The second kappa shape index (κ2) is 1.61. The Balaban J connectivity index is 2.93. The third kappa shape index (κ3) is 0.651. The second-order valence-corrected chi connectivity index (χ2v) is 1.23. The predicted octanol–water partition coefficient (Wildman–Crippen LogP) is -0.980. The highest BCUT2D eigenvalue weighted by molar-refractivity contribution is 5.75. The lowest BCUT2D eigenvalue weighted by molar-refractivity contribution is 0.910. The normalized spacial score (nSPS) is 9.00. The van der Waals surface area contributed by atoms with Gasteiger partial charge in [-0.1, -0.05) is 0 Å². The van der Waals surface area contributed by atoms with E-state index in [1.807, 2.05) is 0 Å². The van der Waals surface area contributed by atoms with Crippen LogP contribution in [-0.2, 0) is 0 Å². The summed E-state index contributed by atoms with van der Waals surface area (Å²) in [6.45, 7) is 0. The molecule has 0 bridgehead atoms. The minimum atomic E-state index is -0.123. The highest BCUT2D eigenvalue weighted by Gasteiger charge is 1.88. The van der Waals surface area contributed by atoms with Gasteiger partial charge in [-0.25, -0.2) is 4.98 Å². The summed E-state index contributed by atoms with van der Waals surface area (Å²) in [5.74, 6) is -0.123. The summed E-state index contributed by atoms with van der Waals surface area (Å²) in [6.07, 6.45) is 2.68. The van der Waals surface area contributed by atoms with Crippen LogP contribution in [0.15, 0.2) is 12.7 Å². The Morgan fingerprint density at radius 2 is 2.50 bits per heavy atom. The fourth-order valence-corrected chi connectivity index (χ4v) is 0.333. The maximum absolute atomic E-state index is 6.79. The molecule has 0 atom stereocenters. The summed E-state index contributed by atoms with van der Waals surface area (Å²) in [5.41, 5.74) is 5.00. The van der Waals surface area contributed by atoms with Crippen molar-refractivity contribution in [2.45, 2.75) is 0 Å². The number of nitrogens with zero attached hydrogens (tertiary/aromatic N) is 3. The molecular weight excluding hydrogens is 106 g/mol. The van der Waals surface area contributed by atoms with Crippen LogP contribution in [0.4, 0.5) is 0 Å². The zero-order valence-electron chi connectivity index (χ0n) is 4.07. The van der Waals surface area contributed by atoms with Crippen molar-refractivity contribution in [3.8, 4) is 0 Å². The van der Waals surface area contributed by atoms with Gasteiger partial charge in [0.05, 0.1) is 0 Å². The molecule has 0 aromatic carbocycles. The summed E-state index contributed by atoms with van der Waals surface area (Å²) >= 11 is 0. The van der Waals surface area contributed by atoms with E-state index >= 15 is 0 Å². The Hall–Kier alpha value is -1.39. The molecule has 0 aliphatic heterocycles. The van der Waals surface area contributed by atoms with E-state index in [4.69, 9.17) is 11.1 Å². The van der Waals surface area contributed by atoms with Gasteiger partial charge >= 0.3 is 0 Å². The van der Waals surface area contributed by atoms with Gasteiger partial charge in [0.2, 0.25) is 5.96 Å². The van der Waals surface area contributed by atoms with Gasteiger partial charge in [0, 0.05) is 0 Å². The first-order chi connectivity index (χ1) is 3.80. The smallest absolute Gasteiger partial charge is 0.215 e. The van der Waals surface area contributed by atoms with Crippen LogP contribution in [0.5, 0.6) is 0 Å². The predicted molar refractivity (Wildman–Crippen MR) is 27.3 cm³/mol. The molecule has 0 saturated heterocycles. The average Bonchev–Trinajstić information content (AvgIpc) is 2.12. The summed E-state index contributed by atoms with van der Waals surface area (Å²) in [7, 11) is 0. The van der Waals surface area contributed by atoms with Crippen LogP contribution < -0.4 is 5.73 Å². The third-order valence-corrected chi connectivity index (χ3v) is 0.666. The maximum atomic E-state index is 6.79. The summed E-state index contributed by atoms with van der Waals surface area (Å²) in [4.78, 5) is 3.57. The van der Waals surface area contributed by atoms with E-state index in [0.29, 0.717) is 0 Å². The van der Waals surface area contributed by atoms with E-state index in [-0.39, 0.29) is 5.96 Å². The lowest BCUT2D eigenvalue weighted by Crippen LogP contribution is -2.20. The quantitative estimate of drug-likeness (QED) is 0.333. The molecular formula is C3H5N5. The molecule has 0 saturated carbocycles. The molecule has 0 fully saturated rings. The highest BCUT2D eigenvalue weighted by atomic mass is 15.4. The molecule has 5 nitrogen and oxygen atoms in total. The van der Waals surface area contributed by atoms with Crippen molar-refractivity contribution in [3.05, 3.63) is 12.7 Å². The highest BCUT2D eigenvalue weighted by Crippen LogP contribution is 1.71. The molecule has 0 aliphatic carbocycles. The largest absolute Gasteiger partial charge is 0.368 e. The van der Waals surface area contributed by atoms with E-state index in [9.17, 15) is 0 Å². The van der Waals surface area contributed by atoms with Crippen molar-refractivity contribution >= 4 is 5.96 Å². The molecule has 0 spiro atoms. The standard InChI is InChI=1S/C3H5N5/c4-3(5)8-2-6-1-7-8/h1-2H,(H3,4,5). The number of hydrogen-bond donors (Lipinski definition) is 2. The lowest BCUT2D eigenvalue weighted by atomic mass is 11.0. The number of hydrogen-bond acceptors (Lipinski definition) is 3. The van der Waals surface area contributed by atoms with Gasteiger partial charge in [-0.2, -0.15) is 9.78 Å². The number of aromatic nitrogens is 3. The first kappa shape index (κ1) is 4.76. The SMILES string of the molecule is N=C(N)n1cncn1. The first-order valence-electron chi connectivity index (χ1n) is 2.00. The fourth-order valence-electron chi connectivity index (χ4n) is 0.333. The van der Waals surface area contributed by atoms with Crippen LogP contribution in [-0.4, -0.2) is 20.7 Å². The van der Waals surface area contributed by atoms with Gasteiger partial charge < -0.3 is 5.73 Å². The minimum absolute atomic E-state index is 0.123. The minimum Gasteiger partial charge on any atom is -0.368 e. The Morgan fingerprint density at radius 3 is 2.75 bits per heavy atom. The summed E-state index contributed by atoms with van der Waals surface area (Å²) < 4.78 is 1.17. The van der Waals surface area contributed by atoms with Gasteiger partial charge in [-0.3, -0.25) is 5.41 Å². The third-order valence-electron chi connectivity index (χ3n) is 0.666. The van der Waals surface area contributed by atoms with Gasteiger partial charge in [0.15, 0.2) is 0 Å². The van der Waals surface area contributed by atoms with Crippen LogP contribution in [0.1, 0.15) is 0 Å². The van der Waals surface area contributed by atoms with E-state index in [0.717, 1.165) is 0 Å². The molecule has 1 aromatic rings. The zero-order valence-corrected chi connectivity index (χ0v) is 4.07. The summed E-state index contributed by atoms with van der Waals surface area (Å²) in [5, 5.41) is 10.4. The van der Waals surface area contributed by atoms with Crippen molar-refractivity contribution in [2.75, 3.05) is 0 Å². The first-order valence-corrected chi connectivity index (χ1v) is 2.00. The van der Waals surface area contributed by atoms with Crippen LogP contribution in [0.25, 0.3) is 0 Å². The number of nitrogens with one attached hydrogen (secondary N) is 1. The molecule has 8 heavy (non-hydrogen) atoms. The van der Waals surface area contributed by atoms with Crippen LogP contribution in [0, 0.1) is 5.41 Å². The topological polar surface area (TPSA) is 80.6 Å². The Kier molecular flexibility index (Phi) is 0.957. The Morgan fingerprint density at radius 1 is 1.75 bits per heavy atom. The van der Waals surface area contributed by atoms with E-state index in [2.05, 4.69) is 10.1 Å². The van der Waals surface area contributed by atoms with E-state index < -0.39 is 0 Å². The van der Waals surface area contributed by atoms with Crippen molar-refractivity contribution in [3.63, 3.8) is 0 Å². The molecule has 1 heterocycles. The molecule has 42 valence electrons. The summed E-state index contributed by atoms with van der Waals surface area (Å²) in [6, 6.07) is 0.